The van der Waals surface area contributed by atoms with Crippen molar-refractivity contribution in [1.29, 1.82) is 0 Å². The Morgan fingerprint density at radius 3 is 1.93 bits per heavy atom. The molecular formula is C8H8BrF3O2S. The van der Waals surface area contributed by atoms with Gasteiger partial charge in [0.25, 0.3) is 0 Å². The maximum atomic E-state index is 11.1. The minimum atomic E-state index is -4.86. The van der Waals surface area contributed by atoms with E-state index in [1.165, 1.54) is 0 Å². The van der Waals surface area contributed by atoms with E-state index in [1.54, 1.807) is 0 Å². The Morgan fingerprint density at radius 2 is 1.80 bits per heavy atom. The zero-order chi connectivity index (χ0) is 11.9. The van der Waals surface area contributed by atoms with Crippen molar-refractivity contribution in [2.24, 2.45) is 0 Å². The van der Waals surface area contributed by atoms with Crippen molar-refractivity contribution in [3.8, 4) is 0 Å². The van der Waals surface area contributed by atoms with E-state index in [0.29, 0.717) is 0 Å². The Labute approximate surface area is 94.8 Å². The summed E-state index contributed by atoms with van der Waals surface area (Å²) in [4.78, 5) is 19.0. The molecule has 1 aliphatic rings. The van der Waals surface area contributed by atoms with Crippen LogP contribution in [0.4, 0.5) is 13.2 Å². The summed E-state index contributed by atoms with van der Waals surface area (Å²) < 4.78 is 33.4. The van der Waals surface area contributed by atoms with Crippen molar-refractivity contribution in [2.45, 2.75) is 12.6 Å². The molecule has 86 valence electrons. The van der Waals surface area contributed by atoms with Crippen LogP contribution in [0.2, 0.25) is 0 Å². The van der Waals surface area contributed by atoms with Crippen LogP contribution in [-0.2, 0) is 9.59 Å². The van der Waals surface area contributed by atoms with Crippen LogP contribution >= 0.6 is 24.1 Å². The zero-order valence-corrected chi connectivity index (χ0v) is 9.85. The highest BCUT2D eigenvalue weighted by Gasteiger charge is 2.37. The molecular weight excluding hydrogens is 297 g/mol. The number of hydrogen-bond donors (Lipinski definition) is 1. The van der Waals surface area contributed by atoms with Gasteiger partial charge in [-0.25, -0.2) is 0 Å². The van der Waals surface area contributed by atoms with Gasteiger partial charge in [0.2, 0.25) is 5.78 Å². The van der Waals surface area contributed by atoms with E-state index in [4.69, 9.17) is 0 Å². The molecule has 0 atom stereocenters. The van der Waals surface area contributed by atoms with Gasteiger partial charge in [0.1, 0.15) is 6.29 Å². The summed E-state index contributed by atoms with van der Waals surface area (Å²) in [6.07, 6.45) is -1.90. The monoisotopic (exact) mass is 304 g/mol. The molecule has 0 unspecified atom stereocenters. The maximum Gasteiger partial charge on any atom is 0.450 e. The molecule has 0 aliphatic carbocycles. The average molecular weight is 305 g/mol. The lowest BCUT2D eigenvalue weighted by Gasteiger charge is -1.98. The number of aldehydes is 1. The molecule has 7 heteroatoms. The van der Waals surface area contributed by atoms with Gasteiger partial charge in [0.15, 0.2) is 0 Å². The summed E-state index contributed by atoms with van der Waals surface area (Å²) in [7, 11) is -0.0136. The van der Waals surface area contributed by atoms with Crippen LogP contribution in [0.15, 0.2) is 23.0 Å². The summed E-state index contributed by atoms with van der Waals surface area (Å²) in [5, 5.41) is 4.30. The predicted molar refractivity (Wildman–Crippen MR) is 57.9 cm³/mol. The van der Waals surface area contributed by atoms with Crippen molar-refractivity contribution in [3.63, 3.8) is 0 Å². The number of allylic oxidation sites excluding steroid dienone is 2. The van der Waals surface area contributed by atoms with Gasteiger partial charge < -0.3 is 4.79 Å². The fraction of sp³-hybridized carbons (Fsp3) is 0.250. The number of thiol groups is 1. The van der Waals surface area contributed by atoms with E-state index < -0.39 is 18.4 Å². The Kier molecular flexibility index (Phi) is 6.58. The van der Waals surface area contributed by atoms with Crippen LogP contribution in [0.25, 0.3) is 0 Å². The summed E-state index contributed by atoms with van der Waals surface area (Å²) in [6.45, 7) is 0. The molecule has 0 amide bonds. The van der Waals surface area contributed by atoms with E-state index in [0.717, 1.165) is 0 Å². The zero-order valence-electron chi connectivity index (χ0n) is 7.37. The van der Waals surface area contributed by atoms with E-state index in [9.17, 15) is 22.8 Å². The second kappa shape index (κ2) is 6.84. The molecule has 0 bridgehead atoms. The molecule has 15 heavy (non-hydrogen) atoms. The number of hydrogen-bond acceptors (Lipinski definition) is 2. The molecule has 0 radical (unpaired) electrons. The summed E-state index contributed by atoms with van der Waals surface area (Å²) in [6, 6.07) is 0. The van der Waals surface area contributed by atoms with Gasteiger partial charge in [-0.3, -0.25) is 4.79 Å². The number of alkyl halides is 3. The highest BCUT2D eigenvalue weighted by atomic mass is 79.9. The standard InChI is InChI=1S/C4H5BrS.C4H3F3O2/c5-6-3-1-2-4-6;5-4(6,7)3(9)1-2-8/h1-4,6H;2H,1H2. The van der Waals surface area contributed by atoms with Gasteiger partial charge in [-0.1, -0.05) is 12.2 Å². The predicted octanol–water partition coefficient (Wildman–Crippen LogP) is 3.05. The van der Waals surface area contributed by atoms with E-state index in [2.05, 4.69) is 37.8 Å². The molecule has 0 aromatic rings. The maximum absolute atomic E-state index is 11.1. The summed E-state index contributed by atoms with van der Waals surface area (Å²) in [5.74, 6) is -2.00. The number of carbonyl (C=O) groups excluding carboxylic acids is 2. The molecule has 0 N–H and O–H groups in total. The average Bonchev–Trinajstić information content (AvgIpc) is 2.56. The quantitative estimate of drug-likeness (QED) is 0.483. The van der Waals surface area contributed by atoms with Crippen molar-refractivity contribution in [1.82, 2.24) is 0 Å². The molecule has 0 saturated carbocycles. The Hall–Kier alpha value is -0.560. The van der Waals surface area contributed by atoms with Crippen LogP contribution in [-0.4, -0.2) is 18.2 Å². The van der Waals surface area contributed by atoms with Gasteiger partial charge in [0, 0.05) is 0 Å². The van der Waals surface area contributed by atoms with Crippen LogP contribution in [0.3, 0.4) is 0 Å². The molecule has 1 heterocycles. The lowest BCUT2D eigenvalue weighted by molar-refractivity contribution is -0.171. The Balaban J connectivity index is 0.000000280. The molecule has 0 aromatic heterocycles. The van der Waals surface area contributed by atoms with Crippen molar-refractivity contribution >= 4 is 36.2 Å². The molecule has 0 fully saturated rings. The van der Waals surface area contributed by atoms with Crippen LogP contribution in [0, 0.1) is 0 Å². The van der Waals surface area contributed by atoms with Gasteiger partial charge in [0.05, 0.1) is 6.42 Å². The highest BCUT2D eigenvalue weighted by molar-refractivity contribution is 9.55. The minimum Gasteiger partial charge on any atom is -0.303 e. The third kappa shape index (κ3) is 7.38. The van der Waals surface area contributed by atoms with Crippen LogP contribution in [0.5, 0.6) is 0 Å². The molecule has 2 nitrogen and oxygen atoms in total. The fourth-order valence-corrected chi connectivity index (χ4v) is 1.95. The van der Waals surface area contributed by atoms with E-state index >= 15 is 0 Å². The molecule has 0 saturated heterocycles. The van der Waals surface area contributed by atoms with Gasteiger partial charge in [-0.05, 0) is 25.6 Å². The number of Topliss-reactive ketones (excluding diaryl/α,β-unsaturated/α-hetero) is 1. The van der Waals surface area contributed by atoms with E-state index in [1.807, 2.05) is 0 Å². The number of carbonyl (C=O) groups is 2. The number of ketones is 1. The number of halogens is 4. The first kappa shape index (κ1) is 14.4. The van der Waals surface area contributed by atoms with Crippen LogP contribution < -0.4 is 0 Å². The third-order valence-corrected chi connectivity index (χ3v) is 3.49. The number of rotatable bonds is 2. The lowest BCUT2D eigenvalue weighted by Crippen LogP contribution is -2.22. The molecule has 0 aromatic carbocycles. The lowest BCUT2D eigenvalue weighted by atomic mass is 10.3. The highest BCUT2D eigenvalue weighted by Crippen LogP contribution is 2.39. The first-order chi connectivity index (χ1) is 6.88. The Bertz CT molecular complexity index is 274. The topological polar surface area (TPSA) is 34.1 Å². The second-order valence-corrected chi connectivity index (χ2v) is 6.06. The van der Waals surface area contributed by atoms with Gasteiger partial charge in [-0.2, -0.15) is 22.5 Å². The fourth-order valence-electron chi connectivity index (χ4n) is 0.505. The van der Waals surface area contributed by atoms with E-state index in [-0.39, 0.29) is 15.6 Å². The SMILES string of the molecule is Br[SH]1C=CC=C1.O=CCC(=O)C(F)(F)F. The minimum absolute atomic E-state index is 0.0136. The molecule has 1 aliphatic heterocycles. The van der Waals surface area contributed by atoms with Crippen molar-refractivity contribution in [2.75, 3.05) is 0 Å². The van der Waals surface area contributed by atoms with Gasteiger partial charge >= 0.3 is 6.18 Å². The first-order valence-electron chi connectivity index (χ1n) is 3.70. The largest absolute Gasteiger partial charge is 0.450 e. The van der Waals surface area contributed by atoms with Crippen LogP contribution in [0.1, 0.15) is 6.42 Å². The summed E-state index contributed by atoms with van der Waals surface area (Å²) >= 11 is 3.43. The van der Waals surface area contributed by atoms with Crippen molar-refractivity contribution in [3.05, 3.63) is 23.0 Å². The molecule has 0 spiro atoms. The van der Waals surface area contributed by atoms with Gasteiger partial charge in [-0.15, -0.1) is 0 Å². The normalized spacial score (nSPS) is 15.9. The second-order valence-electron chi connectivity index (χ2n) is 2.32. The Morgan fingerprint density at radius 1 is 1.33 bits per heavy atom. The van der Waals surface area contributed by atoms with Crippen molar-refractivity contribution < 1.29 is 22.8 Å². The first-order valence-corrected chi connectivity index (χ1v) is 7.20. The smallest absolute Gasteiger partial charge is 0.303 e. The molecule has 1 rings (SSSR count). The third-order valence-electron chi connectivity index (χ3n) is 1.15. The summed E-state index contributed by atoms with van der Waals surface area (Å²) in [5.41, 5.74) is 0.